The van der Waals surface area contributed by atoms with E-state index in [1.54, 1.807) is 0 Å². The van der Waals surface area contributed by atoms with Crippen LogP contribution in [-0.2, 0) is 5.41 Å². The van der Waals surface area contributed by atoms with Crippen molar-refractivity contribution in [1.82, 2.24) is 9.97 Å². The molecule has 2 nitrogen and oxygen atoms in total. The molecule has 0 aliphatic heterocycles. The fourth-order valence-electron chi connectivity index (χ4n) is 8.35. The molecule has 0 spiro atoms. The summed E-state index contributed by atoms with van der Waals surface area (Å²) in [5.74, 6) is 0.720. The van der Waals surface area contributed by atoms with Crippen molar-refractivity contribution in [2.75, 3.05) is 0 Å². The van der Waals surface area contributed by atoms with Gasteiger partial charge in [-0.1, -0.05) is 166 Å². The van der Waals surface area contributed by atoms with Crippen molar-refractivity contribution < 1.29 is 0 Å². The number of aromatic nitrogens is 2. The lowest BCUT2D eigenvalue weighted by Crippen LogP contribution is -2.14. The first-order valence-corrected chi connectivity index (χ1v) is 17.7. The number of benzene rings is 8. The highest BCUT2D eigenvalue weighted by molar-refractivity contribution is 6.28. The molecule has 0 N–H and O–H groups in total. The predicted octanol–water partition coefficient (Wildman–Crippen LogP) is 12.9. The zero-order chi connectivity index (χ0) is 34.1. The van der Waals surface area contributed by atoms with E-state index < -0.39 is 0 Å². The molecular formula is C49H34N2. The van der Waals surface area contributed by atoms with Crippen LogP contribution < -0.4 is 0 Å². The average molecular weight is 651 g/mol. The predicted molar refractivity (Wildman–Crippen MR) is 214 cm³/mol. The van der Waals surface area contributed by atoms with Gasteiger partial charge in [0.1, 0.15) is 0 Å². The maximum atomic E-state index is 5.19. The largest absolute Gasteiger partial charge is 0.228 e. The number of nitrogens with zero attached hydrogens (tertiary/aromatic N) is 2. The molecule has 0 bridgehead atoms. The van der Waals surface area contributed by atoms with Gasteiger partial charge < -0.3 is 0 Å². The van der Waals surface area contributed by atoms with Gasteiger partial charge in [0, 0.05) is 22.1 Å². The maximum absolute atomic E-state index is 5.19. The summed E-state index contributed by atoms with van der Waals surface area (Å²) >= 11 is 0. The van der Waals surface area contributed by atoms with Gasteiger partial charge in [-0.3, -0.25) is 0 Å². The minimum Gasteiger partial charge on any atom is -0.228 e. The van der Waals surface area contributed by atoms with E-state index >= 15 is 0 Å². The molecule has 0 unspecified atom stereocenters. The number of hydrogen-bond acceptors (Lipinski definition) is 2. The van der Waals surface area contributed by atoms with E-state index in [0.29, 0.717) is 0 Å². The van der Waals surface area contributed by atoms with E-state index in [2.05, 4.69) is 159 Å². The van der Waals surface area contributed by atoms with Gasteiger partial charge in [0.15, 0.2) is 5.82 Å². The minimum atomic E-state index is -0.0750. The Bertz CT molecular complexity index is 2760. The van der Waals surface area contributed by atoms with Gasteiger partial charge in [0.2, 0.25) is 0 Å². The van der Waals surface area contributed by atoms with Crippen molar-refractivity contribution in [2.45, 2.75) is 19.3 Å². The normalized spacial score (nSPS) is 13.1. The highest BCUT2D eigenvalue weighted by atomic mass is 14.9. The van der Waals surface area contributed by atoms with Crippen molar-refractivity contribution in [3.63, 3.8) is 0 Å². The summed E-state index contributed by atoms with van der Waals surface area (Å²) in [5.41, 5.74) is 12.8. The van der Waals surface area contributed by atoms with E-state index in [1.807, 2.05) is 24.3 Å². The molecule has 0 fully saturated rings. The maximum Gasteiger partial charge on any atom is 0.160 e. The fourth-order valence-corrected chi connectivity index (χ4v) is 8.35. The molecule has 1 aliphatic rings. The quantitative estimate of drug-likeness (QED) is 0.177. The van der Waals surface area contributed by atoms with E-state index in [-0.39, 0.29) is 5.41 Å². The third-order valence-corrected chi connectivity index (χ3v) is 10.9. The Morgan fingerprint density at radius 2 is 0.922 bits per heavy atom. The van der Waals surface area contributed by atoms with Crippen LogP contribution in [-0.4, -0.2) is 9.97 Å². The molecule has 1 aromatic heterocycles. The van der Waals surface area contributed by atoms with Crippen LogP contribution in [0.4, 0.5) is 0 Å². The van der Waals surface area contributed by atoms with E-state index in [1.165, 1.54) is 65.7 Å². The summed E-state index contributed by atoms with van der Waals surface area (Å²) < 4.78 is 0. The van der Waals surface area contributed by atoms with Crippen LogP contribution in [0.3, 0.4) is 0 Å². The first-order valence-electron chi connectivity index (χ1n) is 17.7. The zero-order valence-electron chi connectivity index (χ0n) is 28.6. The lowest BCUT2D eigenvalue weighted by Gasteiger charge is -2.22. The zero-order valence-corrected chi connectivity index (χ0v) is 28.6. The number of fused-ring (bicyclic) bond motifs is 9. The van der Waals surface area contributed by atoms with Crippen LogP contribution in [0, 0.1) is 0 Å². The van der Waals surface area contributed by atoms with Crippen LogP contribution in [0.25, 0.3) is 88.5 Å². The molecule has 0 saturated carbocycles. The number of hydrogen-bond donors (Lipinski definition) is 0. The van der Waals surface area contributed by atoms with E-state index in [0.717, 1.165) is 33.9 Å². The average Bonchev–Trinajstić information content (AvgIpc) is 3.43. The third-order valence-electron chi connectivity index (χ3n) is 10.9. The molecule has 10 rings (SSSR count). The molecule has 8 aromatic carbocycles. The Hall–Kier alpha value is -6.38. The van der Waals surface area contributed by atoms with Gasteiger partial charge >= 0.3 is 0 Å². The van der Waals surface area contributed by atoms with Crippen molar-refractivity contribution in [1.29, 1.82) is 0 Å². The molecule has 0 radical (unpaired) electrons. The standard InChI is InChI=1S/C49H34N2/c1-49(2)43-23-12-11-20-39(43)40-27-24-33(29-44(40)49)35-21-13-22-41-37-19-10-9-18-36(37)38-26-25-34(28-42(38)47(35)41)46-30-45(31-14-5-3-6-15-31)50-48(51-46)32-16-7-4-8-17-32/h3-30H,1-2H3. The Morgan fingerprint density at radius 3 is 1.71 bits per heavy atom. The van der Waals surface area contributed by atoms with Crippen LogP contribution in [0.15, 0.2) is 170 Å². The summed E-state index contributed by atoms with van der Waals surface area (Å²) in [5, 5.41) is 7.51. The Morgan fingerprint density at radius 1 is 0.353 bits per heavy atom. The molecule has 51 heavy (non-hydrogen) atoms. The molecular weight excluding hydrogens is 617 g/mol. The second-order valence-electron chi connectivity index (χ2n) is 14.2. The smallest absolute Gasteiger partial charge is 0.160 e. The summed E-state index contributed by atoms with van der Waals surface area (Å²) in [6, 6.07) is 61.3. The van der Waals surface area contributed by atoms with Crippen molar-refractivity contribution in [3.8, 4) is 56.2 Å². The first-order chi connectivity index (χ1) is 25.0. The van der Waals surface area contributed by atoms with Crippen LogP contribution >= 0.6 is 0 Å². The summed E-state index contributed by atoms with van der Waals surface area (Å²) in [6.07, 6.45) is 0. The lowest BCUT2D eigenvalue weighted by atomic mass is 9.81. The van der Waals surface area contributed by atoms with Gasteiger partial charge in [-0.2, -0.15) is 0 Å². The first kappa shape index (κ1) is 29.5. The highest BCUT2D eigenvalue weighted by Gasteiger charge is 2.35. The molecule has 240 valence electrons. The number of rotatable bonds is 4. The minimum absolute atomic E-state index is 0.0750. The highest BCUT2D eigenvalue weighted by Crippen LogP contribution is 2.50. The summed E-state index contributed by atoms with van der Waals surface area (Å²) in [7, 11) is 0. The van der Waals surface area contributed by atoms with Crippen LogP contribution in [0.1, 0.15) is 25.0 Å². The van der Waals surface area contributed by atoms with Crippen LogP contribution in [0.2, 0.25) is 0 Å². The molecule has 1 aliphatic carbocycles. The van der Waals surface area contributed by atoms with E-state index in [9.17, 15) is 0 Å². The molecule has 0 saturated heterocycles. The Kier molecular flexibility index (Phi) is 6.56. The molecule has 9 aromatic rings. The van der Waals surface area contributed by atoms with Gasteiger partial charge in [-0.25, -0.2) is 9.97 Å². The van der Waals surface area contributed by atoms with Crippen molar-refractivity contribution >= 4 is 32.3 Å². The van der Waals surface area contributed by atoms with E-state index in [4.69, 9.17) is 9.97 Å². The van der Waals surface area contributed by atoms with Crippen LogP contribution in [0.5, 0.6) is 0 Å². The molecule has 1 heterocycles. The second-order valence-corrected chi connectivity index (χ2v) is 14.2. The Labute approximate surface area is 297 Å². The third kappa shape index (κ3) is 4.64. The second kappa shape index (κ2) is 11.3. The van der Waals surface area contributed by atoms with Gasteiger partial charge in [-0.05, 0) is 83.9 Å². The lowest BCUT2D eigenvalue weighted by molar-refractivity contribution is 0.660. The van der Waals surface area contributed by atoms with Crippen molar-refractivity contribution in [2.24, 2.45) is 0 Å². The fraction of sp³-hybridized carbons (Fsp3) is 0.0612. The van der Waals surface area contributed by atoms with Gasteiger partial charge in [-0.15, -0.1) is 0 Å². The van der Waals surface area contributed by atoms with Gasteiger partial charge in [0.25, 0.3) is 0 Å². The summed E-state index contributed by atoms with van der Waals surface area (Å²) in [6.45, 7) is 4.71. The van der Waals surface area contributed by atoms with Crippen molar-refractivity contribution in [3.05, 3.63) is 181 Å². The SMILES string of the molecule is CC1(C)c2ccccc2-c2ccc(-c3cccc4c5ccccc5c5ccc(-c6cc(-c7ccccc7)nc(-c7ccccc7)n6)cc5c34)cc21. The molecule has 0 amide bonds. The monoisotopic (exact) mass is 650 g/mol. The topological polar surface area (TPSA) is 25.8 Å². The molecule has 2 heteroatoms. The molecule has 0 atom stereocenters. The summed E-state index contributed by atoms with van der Waals surface area (Å²) in [4.78, 5) is 10.2. The Balaban J connectivity index is 1.24. The van der Waals surface area contributed by atoms with Gasteiger partial charge in [0.05, 0.1) is 11.4 Å².